The summed E-state index contributed by atoms with van der Waals surface area (Å²) in [5.41, 5.74) is 0.969. The standard InChI is InChI=1S/C27H48O2/c1-9-17-12-20-22(18(10-2)24(17)29)27(14-26(20,7)8)13-25(5,6)19-11-15(3)23(28)16(4)21(19)27/h15-24,28-29H,9-14H2,1-8H3. The number of rotatable bonds is 2. The van der Waals surface area contributed by atoms with E-state index in [1.165, 1.54) is 25.7 Å². The zero-order valence-corrected chi connectivity index (χ0v) is 20.4. The Labute approximate surface area is 180 Å². The fourth-order valence-electron chi connectivity index (χ4n) is 10.2. The van der Waals surface area contributed by atoms with Crippen molar-refractivity contribution in [2.24, 2.45) is 63.6 Å². The van der Waals surface area contributed by atoms with Crippen molar-refractivity contribution < 1.29 is 10.2 Å². The van der Waals surface area contributed by atoms with Crippen LogP contribution in [0.4, 0.5) is 0 Å². The molecule has 4 aliphatic carbocycles. The van der Waals surface area contributed by atoms with E-state index in [4.69, 9.17) is 0 Å². The zero-order valence-electron chi connectivity index (χ0n) is 20.4. The van der Waals surface area contributed by atoms with Crippen LogP contribution in [0.25, 0.3) is 0 Å². The first-order valence-corrected chi connectivity index (χ1v) is 12.8. The highest BCUT2D eigenvalue weighted by Gasteiger charge is 2.71. The average Bonchev–Trinajstić information content (AvgIpc) is 2.98. The Hall–Kier alpha value is -0.0800. The van der Waals surface area contributed by atoms with Crippen molar-refractivity contribution in [3.63, 3.8) is 0 Å². The fraction of sp³-hybridized carbons (Fsp3) is 1.00. The molecule has 2 heteroatoms. The molecule has 0 heterocycles. The Morgan fingerprint density at radius 2 is 1.31 bits per heavy atom. The molecule has 0 aromatic heterocycles. The molecule has 168 valence electrons. The molecule has 0 bridgehead atoms. The van der Waals surface area contributed by atoms with Crippen LogP contribution in [-0.4, -0.2) is 22.4 Å². The lowest BCUT2D eigenvalue weighted by molar-refractivity contribution is -0.115. The first-order chi connectivity index (χ1) is 13.4. The van der Waals surface area contributed by atoms with Gasteiger partial charge in [0.1, 0.15) is 0 Å². The molecule has 2 nitrogen and oxygen atoms in total. The van der Waals surface area contributed by atoms with Gasteiger partial charge < -0.3 is 10.2 Å². The van der Waals surface area contributed by atoms with E-state index < -0.39 is 0 Å². The van der Waals surface area contributed by atoms with Crippen LogP contribution in [-0.2, 0) is 0 Å². The van der Waals surface area contributed by atoms with Crippen LogP contribution in [0, 0.1) is 63.6 Å². The van der Waals surface area contributed by atoms with Gasteiger partial charge in [0.15, 0.2) is 0 Å². The van der Waals surface area contributed by atoms with Gasteiger partial charge in [-0.15, -0.1) is 0 Å². The third-order valence-electron chi connectivity index (χ3n) is 11.0. The summed E-state index contributed by atoms with van der Waals surface area (Å²) in [6, 6.07) is 0. The van der Waals surface area contributed by atoms with Gasteiger partial charge in [0.05, 0.1) is 12.2 Å². The molecule has 0 amide bonds. The second kappa shape index (κ2) is 6.96. The molecule has 11 unspecified atom stereocenters. The minimum Gasteiger partial charge on any atom is -0.393 e. The van der Waals surface area contributed by atoms with Gasteiger partial charge in [-0.05, 0) is 89.3 Å². The Balaban J connectivity index is 1.84. The minimum absolute atomic E-state index is 0.137. The van der Waals surface area contributed by atoms with Crippen molar-refractivity contribution in [2.75, 3.05) is 0 Å². The van der Waals surface area contributed by atoms with Gasteiger partial charge in [-0.25, -0.2) is 0 Å². The Bertz CT molecular complexity index is 624. The van der Waals surface area contributed by atoms with Crippen molar-refractivity contribution in [3.05, 3.63) is 0 Å². The maximum atomic E-state index is 11.4. The predicted octanol–water partition coefficient (Wildman–Crippen LogP) is 6.15. The molecule has 2 N–H and O–H groups in total. The highest BCUT2D eigenvalue weighted by Crippen LogP contribution is 2.77. The number of fused-ring (bicyclic) bond motifs is 4. The molecule has 29 heavy (non-hydrogen) atoms. The van der Waals surface area contributed by atoms with Crippen molar-refractivity contribution in [3.8, 4) is 0 Å². The second-order valence-electron chi connectivity index (χ2n) is 13.4. The number of aliphatic hydroxyl groups excluding tert-OH is 2. The normalized spacial score (nSPS) is 55.7. The van der Waals surface area contributed by atoms with Crippen LogP contribution in [0.2, 0.25) is 0 Å². The molecule has 0 radical (unpaired) electrons. The highest BCUT2D eigenvalue weighted by atomic mass is 16.3. The minimum atomic E-state index is -0.166. The van der Waals surface area contributed by atoms with Crippen molar-refractivity contribution in [1.82, 2.24) is 0 Å². The van der Waals surface area contributed by atoms with Crippen molar-refractivity contribution >= 4 is 0 Å². The van der Waals surface area contributed by atoms with Gasteiger partial charge in [0, 0.05) is 0 Å². The Kier molecular flexibility index (Phi) is 5.31. The third kappa shape index (κ3) is 2.94. The lowest BCUT2D eigenvalue weighted by Crippen LogP contribution is -2.52. The lowest BCUT2D eigenvalue weighted by Gasteiger charge is -2.54. The van der Waals surface area contributed by atoms with Crippen LogP contribution in [0.3, 0.4) is 0 Å². The van der Waals surface area contributed by atoms with E-state index in [1.807, 2.05) is 0 Å². The maximum absolute atomic E-state index is 11.4. The molecular formula is C27H48O2. The van der Waals surface area contributed by atoms with E-state index in [-0.39, 0.29) is 12.2 Å². The van der Waals surface area contributed by atoms with E-state index >= 15 is 0 Å². The van der Waals surface area contributed by atoms with Crippen LogP contribution < -0.4 is 0 Å². The first kappa shape index (κ1) is 22.1. The number of hydrogen-bond acceptors (Lipinski definition) is 2. The van der Waals surface area contributed by atoms with Gasteiger partial charge in [-0.2, -0.15) is 0 Å². The summed E-state index contributed by atoms with van der Waals surface area (Å²) in [7, 11) is 0. The maximum Gasteiger partial charge on any atom is 0.0599 e. The van der Waals surface area contributed by atoms with Gasteiger partial charge >= 0.3 is 0 Å². The summed E-state index contributed by atoms with van der Waals surface area (Å²) in [5, 5.41) is 22.6. The molecule has 4 fully saturated rings. The van der Waals surface area contributed by atoms with Crippen LogP contribution >= 0.6 is 0 Å². The highest BCUT2D eigenvalue weighted by molar-refractivity contribution is 5.20. The van der Waals surface area contributed by atoms with Crippen molar-refractivity contribution in [1.29, 1.82) is 0 Å². The smallest absolute Gasteiger partial charge is 0.0599 e. The average molecular weight is 405 g/mol. The van der Waals surface area contributed by atoms with Crippen molar-refractivity contribution in [2.45, 2.75) is 106 Å². The topological polar surface area (TPSA) is 40.5 Å². The Morgan fingerprint density at radius 3 is 1.83 bits per heavy atom. The molecule has 11 atom stereocenters. The van der Waals surface area contributed by atoms with Gasteiger partial charge in [0.25, 0.3) is 0 Å². The van der Waals surface area contributed by atoms with Gasteiger partial charge in [0.2, 0.25) is 0 Å². The molecule has 4 saturated carbocycles. The summed E-state index contributed by atoms with van der Waals surface area (Å²) in [6.45, 7) is 19.3. The Morgan fingerprint density at radius 1 is 0.759 bits per heavy atom. The lowest BCUT2D eigenvalue weighted by atomic mass is 9.52. The quantitative estimate of drug-likeness (QED) is 0.579. The summed E-state index contributed by atoms with van der Waals surface area (Å²) in [5.74, 6) is 4.35. The molecular weight excluding hydrogens is 356 g/mol. The molecule has 0 aromatic rings. The van der Waals surface area contributed by atoms with Crippen LogP contribution in [0.5, 0.6) is 0 Å². The van der Waals surface area contributed by atoms with Crippen LogP contribution in [0.1, 0.15) is 93.9 Å². The summed E-state index contributed by atoms with van der Waals surface area (Å²) in [4.78, 5) is 0. The van der Waals surface area contributed by atoms with E-state index in [1.54, 1.807) is 0 Å². The van der Waals surface area contributed by atoms with Gasteiger partial charge in [-0.1, -0.05) is 68.2 Å². The van der Waals surface area contributed by atoms with E-state index in [0.717, 1.165) is 18.8 Å². The molecule has 0 aromatic carbocycles. The summed E-state index contributed by atoms with van der Waals surface area (Å²) >= 11 is 0. The van der Waals surface area contributed by atoms with E-state index in [2.05, 4.69) is 55.4 Å². The molecule has 1 spiro atoms. The van der Waals surface area contributed by atoms with Crippen LogP contribution in [0.15, 0.2) is 0 Å². The first-order valence-electron chi connectivity index (χ1n) is 12.8. The summed E-state index contributed by atoms with van der Waals surface area (Å²) < 4.78 is 0. The SMILES string of the molecule is CCC1CC2C(C(CC)C1O)C1(CC(C)(C)C3CC(C)C(O)C(C)C31)CC2(C)C. The fourth-order valence-corrected chi connectivity index (χ4v) is 10.2. The second-order valence-corrected chi connectivity index (χ2v) is 13.4. The largest absolute Gasteiger partial charge is 0.393 e. The molecule has 4 aliphatic rings. The number of hydrogen-bond donors (Lipinski definition) is 2. The number of aliphatic hydroxyl groups is 2. The summed E-state index contributed by atoms with van der Waals surface area (Å²) in [6.07, 6.45) is 6.88. The van der Waals surface area contributed by atoms with Gasteiger partial charge in [-0.3, -0.25) is 0 Å². The molecule has 4 rings (SSSR count). The zero-order chi connectivity index (χ0) is 21.5. The third-order valence-corrected chi connectivity index (χ3v) is 11.0. The van der Waals surface area contributed by atoms with E-state index in [0.29, 0.717) is 57.7 Å². The molecule has 0 saturated heterocycles. The molecule has 0 aliphatic heterocycles. The monoisotopic (exact) mass is 404 g/mol. The van der Waals surface area contributed by atoms with E-state index in [9.17, 15) is 10.2 Å². The predicted molar refractivity (Wildman–Crippen MR) is 120 cm³/mol.